The first-order valence-electron chi connectivity index (χ1n) is 5.52. The summed E-state index contributed by atoms with van der Waals surface area (Å²) >= 11 is 0. The van der Waals surface area contributed by atoms with Crippen molar-refractivity contribution in [1.29, 1.82) is 0 Å². The van der Waals surface area contributed by atoms with Gasteiger partial charge in [-0.25, -0.2) is 0 Å². The van der Waals surface area contributed by atoms with Crippen LogP contribution in [0.2, 0.25) is 0 Å². The molecule has 2 rings (SSSR count). The number of hydrogen-bond acceptors (Lipinski definition) is 1. The van der Waals surface area contributed by atoms with Gasteiger partial charge in [0.1, 0.15) is 5.92 Å². The molecule has 0 aliphatic rings. The number of hydrogen-bond donors (Lipinski definition) is 1. The summed E-state index contributed by atoms with van der Waals surface area (Å²) in [4.78, 5) is 12.3. The third-order valence-corrected chi connectivity index (χ3v) is 2.69. The van der Waals surface area contributed by atoms with E-state index in [4.69, 9.17) is 5.41 Å². The summed E-state index contributed by atoms with van der Waals surface area (Å²) in [6, 6.07) is 18.8. The summed E-state index contributed by atoms with van der Waals surface area (Å²) in [6.45, 7) is 0. The summed E-state index contributed by atoms with van der Waals surface area (Å²) in [6.07, 6.45) is 1.45. The highest BCUT2D eigenvalue weighted by Crippen LogP contribution is 2.18. The van der Waals surface area contributed by atoms with Crippen molar-refractivity contribution < 1.29 is 10.2 Å². The minimum atomic E-state index is -0.376. The average molecular weight is 224 g/mol. The topological polar surface area (TPSA) is 42.7 Å². The number of Topliss-reactive ketones (excluding diaryl/α,β-unsaturated/α-hetero) is 1. The minimum absolute atomic E-state index is 0.0271. The smallest absolute Gasteiger partial charge is 0.180 e. The second-order valence-corrected chi connectivity index (χ2v) is 3.81. The van der Waals surface area contributed by atoms with Gasteiger partial charge < -0.3 is 0 Å². The molecule has 2 nitrogen and oxygen atoms in total. The molecule has 0 saturated heterocycles. The monoisotopic (exact) mass is 224 g/mol. The molecule has 0 saturated carbocycles. The lowest BCUT2D eigenvalue weighted by molar-refractivity contribution is -0.108. The lowest BCUT2D eigenvalue weighted by Gasteiger charge is -2.08. The minimum Gasteiger partial charge on any atom is -0.293 e. The van der Waals surface area contributed by atoms with E-state index >= 15 is 0 Å². The van der Waals surface area contributed by atoms with Crippen molar-refractivity contribution in [1.82, 2.24) is 0 Å². The van der Waals surface area contributed by atoms with Crippen molar-refractivity contribution in [2.24, 2.45) is 0 Å². The second kappa shape index (κ2) is 5.21. The molecule has 0 spiro atoms. The van der Waals surface area contributed by atoms with Gasteiger partial charge in [0.2, 0.25) is 0 Å². The molecule has 0 amide bonds. The normalized spacial score (nSPS) is 11.8. The van der Waals surface area contributed by atoms with Gasteiger partial charge in [0.15, 0.2) is 12.0 Å². The average Bonchev–Trinajstić information content (AvgIpc) is 2.42. The third kappa shape index (κ3) is 2.48. The first kappa shape index (κ1) is 11.3. The zero-order valence-corrected chi connectivity index (χ0v) is 9.41. The Hall–Kier alpha value is -2.22. The zero-order valence-electron chi connectivity index (χ0n) is 9.41. The molecule has 0 aliphatic carbocycles. The number of nitrogens with two attached hydrogens (primary N) is 1. The van der Waals surface area contributed by atoms with Crippen LogP contribution in [-0.2, 0) is 0 Å². The van der Waals surface area contributed by atoms with Crippen LogP contribution in [0.1, 0.15) is 21.8 Å². The maximum Gasteiger partial charge on any atom is 0.180 e. The van der Waals surface area contributed by atoms with Crippen molar-refractivity contribution in [3.05, 3.63) is 71.8 Å². The van der Waals surface area contributed by atoms with E-state index < -0.39 is 0 Å². The molecule has 84 valence electrons. The Morgan fingerprint density at radius 3 is 2.00 bits per heavy atom. The van der Waals surface area contributed by atoms with E-state index in [1.165, 1.54) is 6.21 Å². The Balaban J connectivity index is 2.32. The number of carbonyl (C=O) groups is 1. The molecule has 0 heterocycles. The van der Waals surface area contributed by atoms with Crippen LogP contribution in [0, 0.1) is 0 Å². The largest absolute Gasteiger partial charge is 0.293 e. The van der Waals surface area contributed by atoms with Gasteiger partial charge in [-0.05, 0) is 5.56 Å². The molecule has 17 heavy (non-hydrogen) atoms. The van der Waals surface area contributed by atoms with Crippen LogP contribution in [0.15, 0.2) is 60.7 Å². The zero-order chi connectivity index (χ0) is 12.1. The molecule has 0 bridgehead atoms. The molecule has 2 aromatic rings. The summed E-state index contributed by atoms with van der Waals surface area (Å²) in [5.74, 6) is -0.349. The predicted molar refractivity (Wildman–Crippen MR) is 67.9 cm³/mol. The molecule has 0 radical (unpaired) electrons. The van der Waals surface area contributed by atoms with E-state index in [0.717, 1.165) is 5.56 Å². The highest BCUT2D eigenvalue weighted by molar-refractivity contribution is 6.09. The van der Waals surface area contributed by atoms with E-state index in [0.29, 0.717) is 5.56 Å². The molecule has 0 unspecified atom stereocenters. The first-order valence-corrected chi connectivity index (χ1v) is 5.52. The Labute approximate surface area is 100 Å². The number of carbonyl (C=O) groups excluding carboxylic acids is 1. The maximum absolute atomic E-state index is 12.3. The summed E-state index contributed by atoms with van der Waals surface area (Å²) < 4.78 is 0. The van der Waals surface area contributed by atoms with Crippen LogP contribution in [0.5, 0.6) is 0 Å². The van der Waals surface area contributed by atoms with Gasteiger partial charge in [-0.15, -0.1) is 0 Å². The van der Waals surface area contributed by atoms with E-state index in [1.807, 2.05) is 60.7 Å². The molecule has 0 aromatic heterocycles. The lowest BCUT2D eigenvalue weighted by atomic mass is 9.92. The van der Waals surface area contributed by atoms with Crippen LogP contribution >= 0.6 is 0 Å². The quantitative estimate of drug-likeness (QED) is 0.620. The van der Waals surface area contributed by atoms with Gasteiger partial charge in [-0.1, -0.05) is 60.7 Å². The first-order chi connectivity index (χ1) is 8.33. The molecule has 1 atom stereocenters. The van der Waals surface area contributed by atoms with Gasteiger partial charge in [0.25, 0.3) is 0 Å². The maximum atomic E-state index is 12.3. The van der Waals surface area contributed by atoms with Gasteiger partial charge in [0.05, 0.1) is 0 Å². The fourth-order valence-electron chi connectivity index (χ4n) is 1.79. The second-order valence-electron chi connectivity index (χ2n) is 3.81. The van der Waals surface area contributed by atoms with E-state index in [9.17, 15) is 4.79 Å². The summed E-state index contributed by atoms with van der Waals surface area (Å²) in [5.41, 5.74) is 1.60. The van der Waals surface area contributed by atoms with Crippen molar-refractivity contribution >= 4 is 12.0 Å². The van der Waals surface area contributed by atoms with Crippen molar-refractivity contribution in [2.45, 2.75) is 5.92 Å². The Bertz CT molecular complexity index is 505. The van der Waals surface area contributed by atoms with E-state index in [1.54, 1.807) is 0 Å². The fraction of sp³-hybridized carbons (Fsp3) is 0.0667. The van der Waals surface area contributed by atoms with Gasteiger partial charge in [-0.2, -0.15) is 0 Å². The summed E-state index contributed by atoms with van der Waals surface area (Å²) in [5, 5.41) is 5.60. The van der Waals surface area contributed by atoms with E-state index in [2.05, 4.69) is 0 Å². The molecule has 0 fully saturated rings. The third-order valence-electron chi connectivity index (χ3n) is 2.69. The Morgan fingerprint density at radius 2 is 1.47 bits per heavy atom. The van der Waals surface area contributed by atoms with E-state index in [-0.39, 0.29) is 11.7 Å². The van der Waals surface area contributed by atoms with Gasteiger partial charge in [0, 0.05) is 5.56 Å². The SMILES string of the molecule is [NH2+]=C[C@@H](C(=O)c1ccccc1)c1ccccc1. The predicted octanol–water partition coefficient (Wildman–Crippen LogP) is 1.48. The van der Waals surface area contributed by atoms with Crippen molar-refractivity contribution in [2.75, 3.05) is 0 Å². The highest BCUT2D eigenvalue weighted by Gasteiger charge is 2.21. The molecule has 2 heteroatoms. The highest BCUT2D eigenvalue weighted by atomic mass is 16.1. The van der Waals surface area contributed by atoms with Gasteiger partial charge in [-0.3, -0.25) is 10.2 Å². The van der Waals surface area contributed by atoms with Crippen molar-refractivity contribution in [3.63, 3.8) is 0 Å². The number of rotatable bonds is 4. The fourth-order valence-corrected chi connectivity index (χ4v) is 1.79. The molecular formula is C15H14NO+. The molecular weight excluding hydrogens is 210 g/mol. The van der Waals surface area contributed by atoms with Crippen molar-refractivity contribution in [3.8, 4) is 0 Å². The number of ketones is 1. The summed E-state index contributed by atoms with van der Waals surface area (Å²) in [7, 11) is 0. The van der Waals surface area contributed by atoms with Crippen LogP contribution in [0.25, 0.3) is 0 Å². The molecule has 2 aromatic carbocycles. The van der Waals surface area contributed by atoms with Crippen LogP contribution in [0.4, 0.5) is 0 Å². The Kier molecular flexibility index (Phi) is 3.46. The Morgan fingerprint density at radius 1 is 0.941 bits per heavy atom. The van der Waals surface area contributed by atoms with Crippen LogP contribution < -0.4 is 5.41 Å². The van der Waals surface area contributed by atoms with Gasteiger partial charge >= 0.3 is 0 Å². The van der Waals surface area contributed by atoms with Crippen LogP contribution in [-0.4, -0.2) is 12.0 Å². The molecule has 0 aliphatic heterocycles. The lowest BCUT2D eigenvalue weighted by Crippen LogP contribution is -2.35. The van der Waals surface area contributed by atoms with Crippen LogP contribution in [0.3, 0.4) is 0 Å². The standard InChI is InChI=1S/C15H13NO/c16-11-14(12-7-3-1-4-8-12)15(17)13-9-5-2-6-10-13/h1-11,14,16H/p+1/t14-/m1/s1. The molecule has 2 N–H and O–H groups in total. The number of benzene rings is 2.